The molecule has 0 unspecified atom stereocenters. The molecule has 0 bridgehead atoms. The largest absolute Gasteiger partial charge is 0.240 e. The molecule has 0 amide bonds. The topological polar surface area (TPSA) is 38.7 Å². The van der Waals surface area contributed by atoms with Crippen LogP contribution in [0.15, 0.2) is 10.7 Å². The number of hydrogen-bond donors (Lipinski definition) is 0. The van der Waals surface area contributed by atoms with Crippen molar-refractivity contribution in [3.63, 3.8) is 0 Å². The Kier molecular flexibility index (Phi) is 2.98. The van der Waals surface area contributed by atoms with Crippen LogP contribution in [0.3, 0.4) is 0 Å². The maximum Gasteiger partial charge on any atom is 0.175 e. The van der Waals surface area contributed by atoms with Gasteiger partial charge in [0, 0.05) is 0 Å². The Labute approximate surface area is 91.0 Å². The van der Waals surface area contributed by atoms with Crippen LogP contribution in [0.2, 0.25) is 0 Å². The first-order valence-electron chi connectivity index (χ1n) is 4.49. The van der Waals surface area contributed by atoms with Gasteiger partial charge in [-0.1, -0.05) is 25.1 Å². The maximum absolute atomic E-state index is 4.40. The highest BCUT2D eigenvalue weighted by Crippen LogP contribution is 2.28. The van der Waals surface area contributed by atoms with E-state index in [9.17, 15) is 0 Å². The van der Waals surface area contributed by atoms with E-state index < -0.39 is 0 Å². The van der Waals surface area contributed by atoms with Gasteiger partial charge < -0.3 is 0 Å². The van der Waals surface area contributed by atoms with Crippen LogP contribution in [0.5, 0.6) is 0 Å². The summed E-state index contributed by atoms with van der Waals surface area (Å²) in [6.45, 7) is 2.16. The Bertz CT molecular complexity index is 439. The fourth-order valence-electron chi connectivity index (χ4n) is 1.28. The van der Waals surface area contributed by atoms with Crippen molar-refractivity contribution in [3.05, 3.63) is 12.0 Å². The summed E-state index contributed by atoms with van der Waals surface area (Å²) in [6.07, 6.45) is 5.76. The van der Waals surface area contributed by atoms with E-state index in [1.54, 1.807) is 29.4 Å². The van der Waals surface area contributed by atoms with Crippen molar-refractivity contribution in [1.82, 2.24) is 15.0 Å². The van der Waals surface area contributed by atoms with Crippen molar-refractivity contribution < 1.29 is 0 Å². The molecule has 0 aromatic carbocycles. The lowest BCUT2D eigenvalue weighted by Gasteiger charge is -1.96. The normalized spacial score (nSPS) is 11.0. The highest BCUT2D eigenvalue weighted by molar-refractivity contribution is 8.00. The van der Waals surface area contributed by atoms with Gasteiger partial charge in [-0.05, 0) is 12.7 Å². The van der Waals surface area contributed by atoms with Crippen molar-refractivity contribution in [2.45, 2.75) is 24.1 Å². The van der Waals surface area contributed by atoms with Crippen LogP contribution < -0.4 is 0 Å². The van der Waals surface area contributed by atoms with Gasteiger partial charge in [-0.3, -0.25) is 0 Å². The molecule has 0 aliphatic heterocycles. The van der Waals surface area contributed by atoms with E-state index in [-0.39, 0.29) is 0 Å². The second kappa shape index (κ2) is 4.23. The van der Waals surface area contributed by atoms with Crippen LogP contribution in [0.4, 0.5) is 0 Å². The fraction of sp³-hybridized carbons (Fsp3) is 0.444. The number of fused-ring (bicyclic) bond motifs is 1. The van der Waals surface area contributed by atoms with Crippen molar-refractivity contribution in [2.75, 3.05) is 6.26 Å². The van der Waals surface area contributed by atoms with E-state index in [1.807, 2.05) is 6.26 Å². The predicted molar refractivity (Wildman–Crippen MR) is 61.0 cm³/mol. The van der Waals surface area contributed by atoms with Gasteiger partial charge in [0.05, 0.1) is 10.4 Å². The summed E-state index contributed by atoms with van der Waals surface area (Å²) in [4.78, 5) is 12.9. The summed E-state index contributed by atoms with van der Waals surface area (Å²) in [7, 11) is 0. The molecule has 0 N–H and O–H groups in total. The average molecular weight is 225 g/mol. The SMILES string of the molecule is CCCc1ncnc2nc(SC)sc12. The molecule has 0 radical (unpaired) electrons. The maximum atomic E-state index is 4.40. The minimum absolute atomic E-state index is 0.845. The summed E-state index contributed by atoms with van der Waals surface area (Å²) in [6, 6.07) is 0. The van der Waals surface area contributed by atoms with Gasteiger partial charge in [0.15, 0.2) is 9.99 Å². The first kappa shape index (κ1) is 9.86. The lowest BCUT2D eigenvalue weighted by Crippen LogP contribution is -1.90. The molecule has 0 fully saturated rings. The summed E-state index contributed by atoms with van der Waals surface area (Å²) < 4.78 is 2.22. The third-order valence-electron chi connectivity index (χ3n) is 1.91. The highest BCUT2D eigenvalue weighted by atomic mass is 32.2. The van der Waals surface area contributed by atoms with Crippen LogP contribution in [0.1, 0.15) is 19.0 Å². The number of nitrogens with zero attached hydrogens (tertiary/aromatic N) is 3. The Morgan fingerprint density at radius 2 is 2.29 bits per heavy atom. The second-order valence-corrected chi connectivity index (χ2v) is 4.96. The molecule has 0 atom stereocenters. The van der Waals surface area contributed by atoms with Gasteiger partial charge >= 0.3 is 0 Å². The molecule has 2 rings (SSSR count). The molecule has 14 heavy (non-hydrogen) atoms. The zero-order valence-electron chi connectivity index (χ0n) is 8.15. The third kappa shape index (κ3) is 1.74. The van der Waals surface area contributed by atoms with Crippen molar-refractivity contribution in [2.24, 2.45) is 0 Å². The summed E-state index contributed by atoms with van der Waals surface area (Å²) >= 11 is 3.35. The minimum atomic E-state index is 0.845. The molecule has 3 nitrogen and oxygen atoms in total. The number of aryl methyl sites for hydroxylation is 1. The van der Waals surface area contributed by atoms with Crippen molar-refractivity contribution in [1.29, 1.82) is 0 Å². The molecule has 2 aromatic rings. The Morgan fingerprint density at radius 3 is 3.00 bits per heavy atom. The van der Waals surface area contributed by atoms with Gasteiger partial charge in [-0.15, -0.1) is 11.3 Å². The zero-order chi connectivity index (χ0) is 9.97. The summed E-state index contributed by atoms with van der Waals surface area (Å²) in [5, 5.41) is 0. The monoisotopic (exact) mass is 225 g/mol. The second-order valence-electron chi connectivity index (χ2n) is 2.91. The first-order chi connectivity index (χ1) is 6.85. The van der Waals surface area contributed by atoms with Gasteiger partial charge in [-0.2, -0.15) is 0 Å². The number of aromatic nitrogens is 3. The smallest absolute Gasteiger partial charge is 0.175 e. The van der Waals surface area contributed by atoms with E-state index in [2.05, 4.69) is 21.9 Å². The molecular weight excluding hydrogens is 214 g/mol. The molecular formula is C9H11N3S2. The lowest BCUT2D eigenvalue weighted by molar-refractivity contribution is 0.887. The molecule has 0 saturated heterocycles. The van der Waals surface area contributed by atoms with E-state index in [4.69, 9.17) is 0 Å². The van der Waals surface area contributed by atoms with E-state index >= 15 is 0 Å². The fourth-order valence-corrected chi connectivity index (χ4v) is 2.81. The van der Waals surface area contributed by atoms with E-state index in [0.29, 0.717) is 0 Å². The van der Waals surface area contributed by atoms with Gasteiger partial charge in [0.1, 0.15) is 6.33 Å². The molecule has 0 spiro atoms. The van der Waals surface area contributed by atoms with Crippen LogP contribution in [-0.4, -0.2) is 21.2 Å². The van der Waals surface area contributed by atoms with Crippen LogP contribution >= 0.6 is 23.1 Å². The molecule has 2 aromatic heterocycles. The first-order valence-corrected chi connectivity index (χ1v) is 6.53. The Balaban J connectivity index is 2.55. The van der Waals surface area contributed by atoms with Crippen LogP contribution in [0.25, 0.3) is 10.3 Å². The predicted octanol–water partition coefficient (Wildman–Crippen LogP) is 2.76. The molecule has 2 heterocycles. The Hall–Kier alpha value is -0.680. The number of thiazole rings is 1. The highest BCUT2D eigenvalue weighted by Gasteiger charge is 2.08. The van der Waals surface area contributed by atoms with E-state index in [0.717, 1.165) is 33.2 Å². The molecule has 0 saturated carbocycles. The third-order valence-corrected chi connectivity index (χ3v) is 3.99. The average Bonchev–Trinajstić information content (AvgIpc) is 2.62. The minimum Gasteiger partial charge on any atom is -0.240 e. The van der Waals surface area contributed by atoms with Gasteiger partial charge in [0.2, 0.25) is 0 Å². The Morgan fingerprint density at radius 1 is 1.43 bits per heavy atom. The van der Waals surface area contributed by atoms with Gasteiger partial charge in [0.25, 0.3) is 0 Å². The van der Waals surface area contributed by atoms with Crippen molar-refractivity contribution >= 4 is 33.4 Å². The van der Waals surface area contributed by atoms with E-state index in [1.165, 1.54) is 0 Å². The molecule has 74 valence electrons. The van der Waals surface area contributed by atoms with Crippen LogP contribution in [0, 0.1) is 0 Å². The van der Waals surface area contributed by atoms with Crippen LogP contribution in [-0.2, 0) is 6.42 Å². The summed E-state index contributed by atoms with van der Waals surface area (Å²) in [5.74, 6) is 0. The molecule has 0 aliphatic rings. The number of rotatable bonds is 3. The molecule has 5 heteroatoms. The molecule has 0 aliphatic carbocycles. The number of hydrogen-bond acceptors (Lipinski definition) is 5. The van der Waals surface area contributed by atoms with Crippen molar-refractivity contribution in [3.8, 4) is 0 Å². The number of thioether (sulfide) groups is 1. The quantitative estimate of drug-likeness (QED) is 0.753. The summed E-state index contributed by atoms with van der Waals surface area (Å²) in [5.41, 5.74) is 1.98. The standard InChI is InChI=1S/C9H11N3S2/c1-3-4-6-7-8(11-5-10-6)12-9(13-2)14-7/h5H,3-4H2,1-2H3. The lowest BCUT2D eigenvalue weighted by atomic mass is 10.2. The zero-order valence-corrected chi connectivity index (χ0v) is 9.78. The van der Waals surface area contributed by atoms with Gasteiger partial charge in [-0.25, -0.2) is 15.0 Å².